The Morgan fingerprint density at radius 2 is 2.32 bits per heavy atom. The molecule has 1 fully saturated rings. The number of nitrogens with zero attached hydrogens (tertiary/aromatic N) is 1. The van der Waals surface area contributed by atoms with Gasteiger partial charge in [-0.15, -0.1) is 0 Å². The highest BCUT2D eigenvalue weighted by Gasteiger charge is 2.36. The Morgan fingerprint density at radius 1 is 1.55 bits per heavy atom. The summed E-state index contributed by atoms with van der Waals surface area (Å²) in [7, 11) is 0. The molecule has 0 aromatic carbocycles. The number of nitrogens with one attached hydrogen (secondary N) is 1. The molecule has 2 atom stereocenters. The summed E-state index contributed by atoms with van der Waals surface area (Å²) >= 11 is 0. The van der Waals surface area contributed by atoms with E-state index in [4.69, 9.17) is 9.47 Å². The van der Waals surface area contributed by atoms with Crippen molar-refractivity contribution in [2.75, 3.05) is 26.2 Å². The minimum atomic E-state index is -0.438. The predicted molar refractivity (Wildman–Crippen MR) is 86.6 cm³/mol. The van der Waals surface area contributed by atoms with E-state index in [1.54, 1.807) is 0 Å². The summed E-state index contributed by atoms with van der Waals surface area (Å²) in [5, 5.41) is 3.59. The molecular weight excluding hydrogens is 280 g/mol. The quantitative estimate of drug-likeness (QED) is 0.848. The molecule has 0 radical (unpaired) electrons. The Kier molecular flexibility index (Phi) is 5.73. The van der Waals surface area contributed by atoms with E-state index < -0.39 is 5.60 Å². The van der Waals surface area contributed by atoms with E-state index in [1.807, 2.05) is 25.7 Å². The normalized spacial score (nSPS) is 23.2. The van der Waals surface area contributed by atoms with Crippen molar-refractivity contribution in [3.05, 3.63) is 11.8 Å². The van der Waals surface area contributed by atoms with Gasteiger partial charge in [0.15, 0.2) is 0 Å². The van der Waals surface area contributed by atoms with E-state index in [0.29, 0.717) is 5.92 Å². The van der Waals surface area contributed by atoms with E-state index in [2.05, 4.69) is 18.3 Å². The zero-order valence-corrected chi connectivity index (χ0v) is 14.4. The van der Waals surface area contributed by atoms with Crippen molar-refractivity contribution in [3.63, 3.8) is 0 Å². The average molecular weight is 310 g/mol. The van der Waals surface area contributed by atoms with Crippen molar-refractivity contribution in [3.8, 4) is 0 Å². The number of likely N-dealkylation sites (tertiary alicyclic amines) is 1. The minimum Gasteiger partial charge on any atom is -0.496 e. The predicted octanol–water partition coefficient (Wildman–Crippen LogP) is 2.92. The Labute approximate surface area is 134 Å². The fourth-order valence-corrected chi connectivity index (χ4v) is 3.00. The molecule has 5 heteroatoms. The highest BCUT2D eigenvalue weighted by atomic mass is 16.6. The summed E-state index contributed by atoms with van der Waals surface area (Å²) in [5.41, 5.74) is -0.438. The number of amides is 1. The molecule has 22 heavy (non-hydrogen) atoms. The van der Waals surface area contributed by atoms with Crippen LogP contribution < -0.4 is 5.32 Å². The summed E-state index contributed by atoms with van der Waals surface area (Å²) in [6.45, 7) is 11.1. The van der Waals surface area contributed by atoms with Crippen LogP contribution in [-0.4, -0.2) is 48.9 Å². The molecule has 2 rings (SSSR count). The van der Waals surface area contributed by atoms with Crippen molar-refractivity contribution in [1.82, 2.24) is 10.2 Å². The molecule has 5 nitrogen and oxygen atoms in total. The van der Waals surface area contributed by atoms with Crippen molar-refractivity contribution in [2.24, 2.45) is 5.92 Å². The van der Waals surface area contributed by atoms with Gasteiger partial charge in [-0.1, -0.05) is 6.92 Å². The molecule has 2 aliphatic rings. The van der Waals surface area contributed by atoms with Gasteiger partial charge < -0.3 is 19.7 Å². The van der Waals surface area contributed by atoms with Crippen molar-refractivity contribution in [2.45, 2.75) is 58.6 Å². The second-order valence-corrected chi connectivity index (χ2v) is 7.15. The second kappa shape index (κ2) is 7.36. The third kappa shape index (κ3) is 4.63. The lowest BCUT2D eigenvalue weighted by atomic mass is 9.96. The zero-order chi connectivity index (χ0) is 16.2. The number of rotatable bonds is 5. The van der Waals surface area contributed by atoms with Gasteiger partial charge in [0.1, 0.15) is 11.4 Å². The molecule has 1 amide bonds. The lowest BCUT2D eigenvalue weighted by Crippen LogP contribution is -2.41. The van der Waals surface area contributed by atoms with Crippen LogP contribution >= 0.6 is 0 Å². The van der Waals surface area contributed by atoms with Crippen LogP contribution in [0, 0.1) is 5.92 Å². The van der Waals surface area contributed by atoms with Gasteiger partial charge >= 0.3 is 6.09 Å². The maximum absolute atomic E-state index is 12.2. The molecule has 126 valence electrons. The van der Waals surface area contributed by atoms with E-state index in [0.717, 1.165) is 51.3 Å². The summed E-state index contributed by atoms with van der Waals surface area (Å²) in [6.07, 6.45) is 5.05. The Balaban J connectivity index is 1.95. The Bertz CT molecular complexity index is 415. The van der Waals surface area contributed by atoms with Crippen LogP contribution in [0.25, 0.3) is 0 Å². The first-order chi connectivity index (χ1) is 10.4. The lowest BCUT2D eigenvalue weighted by Gasteiger charge is -2.27. The van der Waals surface area contributed by atoms with Gasteiger partial charge in [0, 0.05) is 25.4 Å². The first-order valence-electron chi connectivity index (χ1n) is 8.45. The third-order valence-corrected chi connectivity index (χ3v) is 4.00. The number of hydrogen-bond donors (Lipinski definition) is 1. The summed E-state index contributed by atoms with van der Waals surface area (Å²) < 4.78 is 11.2. The molecule has 0 spiro atoms. The molecule has 0 aliphatic carbocycles. The maximum atomic E-state index is 12.2. The molecule has 0 bridgehead atoms. The van der Waals surface area contributed by atoms with Gasteiger partial charge in [-0.25, -0.2) is 4.79 Å². The van der Waals surface area contributed by atoms with E-state index >= 15 is 0 Å². The Hall–Kier alpha value is -1.23. The van der Waals surface area contributed by atoms with Crippen molar-refractivity contribution < 1.29 is 14.3 Å². The summed E-state index contributed by atoms with van der Waals surface area (Å²) in [5.74, 6) is 1.45. The standard InChI is InChI=1S/C17H30N2O3/c1-5-9-18-15(14-7-6-11-21-14)13-8-10-19(12-13)16(20)22-17(2,3)4/h7,13,15,18H,5-6,8-12H2,1-4H3. The van der Waals surface area contributed by atoms with Gasteiger partial charge in [0.2, 0.25) is 0 Å². The highest BCUT2D eigenvalue weighted by Crippen LogP contribution is 2.28. The number of carbonyl (C=O) groups excluding carboxylic acids is 1. The maximum Gasteiger partial charge on any atom is 0.410 e. The van der Waals surface area contributed by atoms with Gasteiger partial charge in [0.05, 0.1) is 12.6 Å². The van der Waals surface area contributed by atoms with Crippen LogP contribution in [0.2, 0.25) is 0 Å². The topological polar surface area (TPSA) is 50.8 Å². The fraction of sp³-hybridized carbons (Fsp3) is 0.824. The van der Waals surface area contributed by atoms with Gasteiger partial charge in [-0.2, -0.15) is 0 Å². The van der Waals surface area contributed by atoms with Crippen LogP contribution in [0.5, 0.6) is 0 Å². The SMILES string of the molecule is CCCNC(C1=CCCO1)C1CCN(C(=O)OC(C)(C)C)C1. The van der Waals surface area contributed by atoms with Crippen LogP contribution in [0.1, 0.15) is 47.0 Å². The summed E-state index contributed by atoms with van der Waals surface area (Å²) in [6, 6.07) is 0.217. The molecule has 1 saturated heterocycles. The van der Waals surface area contributed by atoms with Gasteiger partial charge in [-0.3, -0.25) is 0 Å². The molecule has 2 unspecified atom stereocenters. The van der Waals surface area contributed by atoms with E-state index in [-0.39, 0.29) is 12.1 Å². The van der Waals surface area contributed by atoms with E-state index in [9.17, 15) is 4.79 Å². The molecule has 0 aromatic heterocycles. The first-order valence-corrected chi connectivity index (χ1v) is 8.45. The lowest BCUT2D eigenvalue weighted by molar-refractivity contribution is 0.0284. The first kappa shape index (κ1) is 17.1. The fourth-order valence-electron chi connectivity index (χ4n) is 3.00. The number of ether oxygens (including phenoxy) is 2. The van der Waals surface area contributed by atoms with Crippen LogP contribution in [0.3, 0.4) is 0 Å². The molecule has 1 N–H and O–H groups in total. The van der Waals surface area contributed by atoms with Gasteiger partial charge in [-0.05, 0) is 46.2 Å². The zero-order valence-electron chi connectivity index (χ0n) is 14.4. The van der Waals surface area contributed by atoms with E-state index in [1.165, 1.54) is 0 Å². The highest BCUT2D eigenvalue weighted by molar-refractivity contribution is 5.68. The number of hydrogen-bond acceptors (Lipinski definition) is 4. The summed E-state index contributed by atoms with van der Waals surface area (Å²) in [4.78, 5) is 14.0. The van der Waals surface area contributed by atoms with Crippen LogP contribution in [0.4, 0.5) is 4.79 Å². The molecule has 2 aliphatic heterocycles. The molecular formula is C17H30N2O3. The molecule has 0 aromatic rings. The van der Waals surface area contributed by atoms with Gasteiger partial charge in [0.25, 0.3) is 0 Å². The van der Waals surface area contributed by atoms with Crippen molar-refractivity contribution in [1.29, 1.82) is 0 Å². The molecule has 2 heterocycles. The third-order valence-electron chi connectivity index (χ3n) is 4.00. The number of carbonyl (C=O) groups is 1. The average Bonchev–Trinajstić information content (AvgIpc) is 3.08. The molecule has 0 saturated carbocycles. The smallest absolute Gasteiger partial charge is 0.410 e. The second-order valence-electron chi connectivity index (χ2n) is 7.15. The van der Waals surface area contributed by atoms with Crippen LogP contribution in [-0.2, 0) is 9.47 Å². The Morgan fingerprint density at radius 3 is 2.91 bits per heavy atom. The monoisotopic (exact) mass is 310 g/mol. The minimum absolute atomic E-state index is 0.203. The largest absolute Gasteiger partial charge is 0.496 e. The van der Waals surface area contributed by atoms with Crippen LogP contribution in [0.15, 0.2) is 11.8 Å². The van der Waals surface area contributed by atoms with Crippen molar-refractivity contribution >= 4 is 6.09 Å².